The molecule has 0 saturated carbocycles. The zero-order valence-electron chi connectivity index (χ0n) is 17.0. The predicted octanol–water partition coefficient (Wildman–Crippen LogP) is 5.40. The van der Waals surface area contributed by atoms with Gasteiger partial charge < -0.3 is 10.6 Å². The van der Waals surface area contributed by atoms with E-state index in [4.69, 9.17) is 0 Å². The fourth-order valence-electron chi connectivity index (χ4n) is 3.06. The number of anilines is 2. The van der Waals surface area contributed by atoms with Crippen molar-refractivity contribution in [2.24, 2.45) is 0 Å². The summed E-state index contributed by atoms with van der Waals surface area (Å²) in [5.74, 6) is -0.688. The molecule has 2 amide bonds. The first-order valence-corrected chi connectivity index (χ1v) is 9.81. The Labute approximate surface area is 186 Å². The maximum Gasteiger partial charge on any atom is 0.435 e. The Morgan fingerprint density at radius 2 is 1.30 bits per heavy atom. The number of alkyl halides is 3. The molecule has 0 bridgehead atoms. The lowest BCUT2D eigenvalue weighted by Crippen LogP contribution is -2.14. The van der Waals surface area contributed by atoms with Gasteiger partial charge in [-0.1, -0.05) is 24.3 Å². The number of aromatic nitrogens is 2. The van der Waals surface area contributed by atoms with Crippen molar-refractivity contribution in [1.29, 1.82) is 0 Å². The van der Waals surface area contributed by atoms with Gasteiger partial charge in [0.05, 0.1) is 5.69 Å². The van der Waals surface area contributed by atoms with Gasteiger partial charge in [-0.2, -0.15) is 18.3 Å². The molecule has 0 unspecified atom stereocenters. The van der Waals surface area contributed by atoms with Crippen LogP contribution in [-0.2, 0) is 6.18 Å². The van der Waals surface area contributed by atoms with E-state index in [-0.39, 0.29) is 5.91 Å². The topological polar surface area (TPSA) is 76.0 Å². The van der Waals surface area contributed by atoms with E-state index in [0.29, 0.717) is 28.2 Å². The smallest absolute Gasteiger partial charge is 0.322 e. The normalized spacial score (nSPS) is 11.1. The fraction of sp³-hybridized carbons (Fsp3) is 0.0417. The highest BCUT2D eigenvalue weighted by Gasteiger charge is 2.33. The number of rotatable bonds is 5. The van der Waals surface area contributed by atoms with Gasteiger partial charge in [-0.3, -0.25) is 9.59 Å². The monoisotopic (exact) mass is 450 g/mol. The highest BCUT2D eigenvalue weighted by molar-refractivity contribution is 6.06. The van der Waals surface area contributed by atoms with Gasteiger partial charge in [0, 0.05) is 28.7 Å². The average Bonchev–Trinajstić information content (AvgIpc) is 3.31. The first-order valence-electron chi connectivity index (χ1n) is 9.81. The van der Waals surface area contributed by atoms with Crippen LogP contribution in [0.3, 0.4) is 0 Å². The second kappa shape index (κ2) is 8.99. The standard InChI is InChI=1S/C24H17F3N4O2/c25-24(26,27)21-13-14-31(30-21)20-11-9-17(10-12-20)23(33)29-19-8-4-7-18(15-19)28-22(32)16-5-2-1-3-6-16/h1-15H,(H,28,32)(H,29,33). The van der Waals surface area contributed by atoms with Crippen molar-refractivity contribution < 1.29 is 22.8 Å². The highest BCUT2D eigenvalue weighted by Crippen LogP contribution is 2.28. The van der Waals surface area contributed by atoms with Crippen LogP contribution in [0.1, 0.15) is 26.4 Å². The Morgan fingerprint density at radius 3 is 1.85 bits per heavy atom. The summed E-state index contributed by atoms with van der Waals surface area (Å²) in [4.78, 5) is 24.9. The van der Waals surface area contributed by atoms with Crippen LogP contribution in [0.25, 0.3) is 5.69 Å². The van der Waals surface area contributed by atoms with Crippen molar-refractivity contribution >= 4 is 23.2 Å². The van der Waals surface area contributed by atoms with Crippen molar-refractivity contribution in [3.63, 3.8) is 0 Å². The third-order valence-electron chi connectivity index (χ3n) is 4.69. The van der Waals surface area contributed by atoms with Crippen LogP contribution in [0.15, 0.2) is 91.1 Å². The molecule has 9 heteroatoms. The number of carbonyl (C=O) groups excluding carboxylic acids is 2. The number of benzene rings is 3. The summed E-state index contributed by atoms with van der Waals surface area (Å²) < 4.78 is 39.3. The molecule has 6 nitrogen and oxygen atoms in total. The minimum atomic E-state index is -4.53. The van der Waals surface area contributed by atoms with E-state index in [1.54, 1.807) is 48.5 Å². The SMILES string of the molecule is O=C(Nc1cccc(NC(=O)c2ccc(-n3ccc(C(F)(F)F)n3)cc2)c1)c1ccccc1. The molecule has 0 aliphatic heterocycles. The fourth-order valence-corrected chi connectivity index (χ4v) is 3.06. The van der Waals surface area contributed by atoms with Crippen molar-refractivity contribution in [1.82, 2.24) is 9.78 Å². The zero-order chi connectivity index (χ0) is 23.4. The lowest BCUT2D eigenvalue weighted by atomic mass is 10.2. The molecule has 0 fully saturated rings. The maximum atomic E-state index is 12.7. The lowest BCUT2D eigenvalue weighted by Gasteiger charge is -2.10. The van der Waals surface area contributed by atoms with Gasteiger partial charge in [-0.15, -0.1) is 0 Å². The molecule has 0 spiro atoms. The molecule has 4 aromatic rings. The molecular weight excluding hydrogens is 433 g/mol. The first kappa shape index (κ1) is 21.8. The van der Waals surface area contributed by atoms with Gasteiger partial charge in [0.15, 0.2) is 5.69 Å². The highest BCUT2D eigenvalue weighted by atomic mass is 19.4. The number of nitrogens with zero attached hydrogens (tertiary/aromatic N) is 2. The molecule has 1 heterocycles. The Balaban J connectivity index is 1.42. The van der Waals surface area contributed by atoms with Gasteiger partial charge in [-0.05, 0) is 60.7 Å². The Morgan fingerprint density at radius 1 is 0.727 bits per heavy atom. The van der Waals surface area contributed by atoms with Gasteiger partial charge in [0.2, 0.25) is 0 Å². The summed E-state index contributed by atoms with van der Waals surface area (Å²) in [6.07, 6.45) is -3.33. The van der Waals surface area contributed by atoms with E-state index in [0.717, 1.165) is 10.7 Å². The van der Waals surface area contributed by atoms with E-state index in [2.05, 4.69) is 15.7 Å². The molecule has 0 saturated heterocycles. The molecule has 0 radical (unpaired) electrons. The van der Waals surface area contributed by atoms with Crippen LogP contribution in [0.4, 0.5) is 24.5 Å². The van der Waals surface area contributed by atoms with E-state index in [1.807, 2.05) is 6.07 Å². The van der Waals surface area contributed by atoms with Gasteiger partial charge >= 0.3 is 6.18 Å². The van der Waals surface area contributed by atoms with Crippen LogP contribution < -0.4 is 10.6 Å². The van der Waals surface area contributed by atoms with Crippen LogP contribution in [-0.4, -0.2) is 21.6 Å². The Hall–Kier alpha value is -4.40. The minimum absolute atomic E-state index is 0.276. The molecular formula is C24H17F3N4O2. The predicted molar refractivity (Wildman–Crippen MR) is 117 cm³/mol. The third-order valence-corrected chi connectivity index (χ3v) is 4.69. The number of nitrogens with one attached hydrogen (secondary N) is 2. The Bertz CT molecular complexity index is 1280. The average molecular weight is 450 g/mol. The third kappa shape index (κ3) is 5.27. The Kier molecular flexibility index (Phi) is 5.95. The second-order valence-electron chi connectivity index (χ2n) is 7.05. The van der Waals surface area contributed by atoms with E-state index < -0.39 is 17.8 Å². The number of hydrogen-bond donors (Lipinski definition) is 2. The first-order chi connectivity index (χ1) is 15.8. The number of halogens is 3. The van der Waals surface area contributed by atoms with Gasteiger partial charge in [-0.25, -0.2) is 4.68 Å². The molecule has 166 valence electrons. The quantitative estimate of drug-likeness (QED) is 0.428. The van der Waals surface area contributed by atoms with Crippen molar-refractivity contribution in [3.05, 3.63) is 108 Å². The summed E-state index contributed by atoms with van der Waals surface area (Å²) in [5, 5.41) is 9.01. The molecule has 0 atom stereocenters. The van der Waals surface area contributed by atoms with Crippen LogP contribution in [0, 0.1) is 0 Å². The van der Waals surface area contributed by atoms with Crippen LogP contribution in [0.2, 0.25) is 0 Å². The molecule has 2 N–H and O–H groups in total. The largest absolute Gasteiger partial charge is 0.435 e. The number of amides is 2. The van der Waals surface area contributed by atoms with Crippen molar-refractivity contribution in [2.45, 2.75) is 6.18 Å². The van der Waals surface area contributed by atoms with Crippen LogP contribution in [0.5, 0.6) is 0 Å². The zero-order valence-corrected chi connectivity index (χ0v) is 17.0. The molecule has 4 rings (SSSR count). The summed E-state index contributed by atoms with van der Waals surface area (Å²) in [6, 6.07) is 22.3. The molecule has 0 aliphatic carbocycles. The van der Waals surface area contributed by atoms with Crippen molar-refractivity contribution in [3.8, 4) is 5.69 Å². The lowest BCUT2D eigenvalue weighted by molar-refractivity contribution is -0.141. The second-order valence-corrected chi connectivity index (χ2v) is 7.05. The minimum Gasteiger partial charge on any atom is -0.322 e. The van der Waals surface area contributed by atoms with Crippen molar-refractivity contribution in [2.75, 3.05) is 10.6 Å². The van der Waals surface area contributed by atoms with Gasteiger partial charge in [0.1, 0.15) is 0 Å². The van der Waals surface area contributed by atoms with E-state index in [1.165, 1.54) is 30.5 Å². The molecule has 3 aromatic carbocycles. The summed E-state index contributed by atoms with van der Waals surface area (Å²) in [5.41, 5.74) is 1.18. The number of hydrogen-bond acceptors (Lipinski definition) is 3. The van der Waals surface area contributed by atoms with E-state index in [9.17, 15) is 22.8 Å². The summed E-state index contributed by atoms with van der Waals surface area (Å²) in [7, 11) is 0. The molecule has 1 aromatic heterocycles. The summed E-state index contributed by atoms with van der Waals surface area (Å²) >= 11 is 0. The maximum absolute atomic E-state index is 12.7. The summed E-state index contributed by atoms with van der Waals surface area (Å²) in [6.45, 7) is 0. The number of carbonyl (C=O) groups is 2. The van der Waals surface area contributed by atoms with Crippen LogP contribution >= 0.6 is 0 Å². The van der Waals surface area contributed by atoms with E-state index >= 15 is 0 Å². The molecule has 0 aliphatic rings. The molecule has 33 heavy (non-hydrogen) atoms. The van der Waals surface area contributed by atoms with Gasteiger partial charge in [0.25, 0.3) is 11.8 Å².